The highest BCUT2D eigenvalue weighted by atomic mass is 28.4. The number of benzene rings is 3. The fourth-order valence-corrected chi connectivity index (χ4v) is 17.5. The minimum atomic E-state index is -5.08. The number of ether oxygens (including phenoxy) is 1. The number of amides is 2. The van der Waals surface area contributed by atoms with Gasteiger partial charge in [0.2, 0.25) is 41.3 Å². The molecule has 0 saturated heterocycles. The number of aliphatic carboxylic acids is 1. The molecule has 6 aromatic heterocycles. The maximum Gasteiger partial charge on any atom is 0.490 e. The van der Waals surface area contributed by atoms with E-state index in [4.69, 9.17) is 56.7 Å². The van der Waals surface area contributed by atoms with E-state index in [0.717, 1.165) is 86.3 Å². The number of alkyl halides is 3. The molecule has 4 saturated carbocycles. The van der Waals surface area contributed by atoms with Crippen molar-refractivity contribution in [2.75, 3.05) is 6.54 Å². The molecule has 36 heteroatoms. The van der Waals surface area contributed by atoms with Crippen molar-refractivity contribution in [3.05, 3.63) is 162 Å². The highest BCUT2D eigenvalue weighted by Gasteiger charge is 2.43. The molecule has 680 valence electrons. The number of ketones is 3. The first-order valence-corrected chi connectivity index (χ1v) is 48.3. The summed E-state index contributed by atoms with van der Waals surface area (Å²) < 4.78 is 75.3. The van der Waals surface area contributed by atoms with Gasteiger partial charge in [0.25, 0.3) is 0 Å². The van der Waals surface area contributed by atoms with E-state index in [1.165, 1.54) is 12.1 Å². The molecule has 31 nitrogen and oxygen atoms in total. The van der Waals surface area contributed by atoms with Crippen LogP contribution in [0.2, 0.25) is 42.3 Å². The van der Waals surface area contributed by atoms with E-state index in [-0.39, 0.29) is 64.3 Å². The fraction of sp³-hybridized carbons (Fsp3) is 0.551. The second-order valence-corrected chi connectivity index (χ2v) is 47.6. The van der Waals surface area contributed by atoms with E-state index in [1.807, 2.05) is 112 Å². The summed E-state index contributed by atoms with van der Waals surface area (Å²) in [5.41, 5.74) is 8.62. The number of aromatic carboxylic acids is 1. The molecule has 125 heavy (non-hydrogen) atoms. The molecule has 9 aromatic rings. The van der Waals surface area contributed by atoms with Crippen molar-refractivity contribution >= 4 is 57.7 Å². The Labute approximate surface area is 727 Å². The summed E-state index contributed by atoms with van der Waals surface area (Å²) in [4.78, 5) is 80.5. The third-order valence-corrected chi connectivity index (χ3v) is 33.3. The first-order valence-electron chi connectivity index (χ1n) is 42.2. The van der Waals surface area contributed by atoms with Gasteiger partial charge in [-0.3, -0.25) is 19.2 Å². The number of rotatable bonds is 29. The number of aliphatic hydroxyl groups is 2. The Balaban J connectivity index is 0.000000192. The van der Waals surface area contributed by atoms with Crippen molar-refractivity contribution in [1.82, 2.24) is 56.7 Å². The van der Waals surface area contributed by atoms with Crippen LogP contribution in [0.4, 0.5) is 18.0 Å². The number of nitrogens with two attached hydrogens (primary N) is 1. The number of hydrogen-bond acceptors (Lipinski definition) is 27. The van der Waals surface area contributed by atoms with Crippen LogP contribution < -0.4 is 16.4 Å². The first-order chi connectivity index (χ1) is 58.5. The number of nitrogens with one attached hydrogen (secondary N) is 2. The molecule has 2 amide bonds. The normalized spacial score (nSPS) is 19.5. The number of aliphatic hydroxyl groups excluding tert-OH is 2. The van der Waals surface area contributed by atoms with Crippen LogP contribution >= 0.6 is 0 Å². The monoisotopic (exact) mass is 1770 g/mol. The number of carboxylic acid groups (broad SMARTS) is 2. The number of Topliss-reactive ketones (excluding diaryl/α,β-unsaturated/α-hetero) is 3. The average Bonchev–Trinajstić information content (AvgIpc) is 1.61. The zero-order valence-corrected chi connectivity index (χ0v) is 76.3. The van der Waals surface area contributed by atoms with E-state index in [0.29, 0.717) is 119 Å². The molecule has 0 bridgehead atoms. The highest BCUT2D eigenvalue weighted by molar-refractivity contribution is 6.80. The van der Waals surface area contributed by atoms with Gasteiger partial charge < -0.3 is 72.8 Å². The number of halogens is 3. The number of carbonyl (C=O) groups excluding carboxylic acids is 5. The van der Waals surface area contributed by atoms with Crippen LogP contribution in [-0.4, -0.2) is 161 Å². The Kier molecular flexibility index (Phi) is 35.2. The molecule has 4 aliphatic rings. The van der Waals surface area contributed by atoms with Crippen LogP contribution in [0.1, 0.15) is 246 Å². The molecular formula is C89H121F3N12O19Si2. The lowest BCUT2D eigenvalue weighted by Crippen LogP contribution is -2.48. The Hall–Kier alpha value is -10.5. The number of hydrogen-bond donors (Lipinski definition) is 7. The number of nitrogens with zero attached hydrogens (tertiary/aromatic N) is 9. The van der Waals surface area contributed by atoms with Gasteiger partial charge in [-0.2, -0.15) is 13.2 Å². The summed E-state index contributed by atoms with van der Waals surface area (Å²) in [5.74, 6) is 3.60. The minimum Gasteiger partial charge on any atom is -0.476 e. The van der Waals surface area contributed by atoms with E-state index in [9.17, 15) is 52.2 Å². The fourth-order valence-electron chi connectivity index (χ4n) is 13.9. The maximum atomic E-state index is 12.4. The van der Waals surface area contributed by atoms with Crippen molar-refractivity contribution in [3.63, 3.8) is 0 Å². The summed E-state index contributed by atoms with van der Waals surface area (Å²) in [5, 5.41) is 75.9. The third kappa shape index (κ3) is 31.5. The number of carbonyl (C=O) groups is 7. The van der Waals surface area contributed by atoms with Gasteiger partial charge in [0.15, 0.2) is 48.6 Å². The molecule has 0 unspecified atom stereocenters. The van der Waals surface area contributed by atoms with Gasteiger partial charge in [-0.15, -0.1) is 30.6 Å². The first kappa shape index (κ1) is 99.9. The minimum absolute atomic E-state index is 0.00130. The summed E-state index contributed by atoms with van der Waals surface area (Å²) in [6.07, 6.45) is 3.53. The lowest BCUT2D eigenvalue weighted by atomic mass is 9.71. The topological polar surface area (TPSA) is 464 Å². The van der Waals surface area contributed by atoms with Gasteiger partial charge in [-0.05, 0) is 158 Å². The van der Waals surface area contributed by atoms with Crippen molar-refractivity contribution in [2.45, 2.75) is 270 Å². The van der Waals surface area contributed by atoms with Crippen molar-refractivity contribution in [2.24, 2.45) is 41.2 Å². The second kappa shape index (κ2) is 44.1. The smallest absolute Gasteiger partial charge is 0.476 e. The van der Waals surface area contributed by atoms with Gasteiger partial charge >= 0.3 is 24.2 Å². The van der Waals surface area contributed by atoms with Crippen molar-refractivity contribution in [1.29, 1.82) is 0 Å². The Morgan fingerprint density at radius 2 is 0.880 bits per heavy atom. The molecular weight excluding hydrogens is 1650 g/mol. The molecule has 8 N–H and O–H groups in total. The van der Waals surface area contributed by atoms with Crippen molar-refractivity contribution < 1.29 is 103 Å². The standard InChI is InChI=1S/C21H40N2O5Si.2C20H21N3O4.C16H31N3OSi.C10H7NO3.C2HF3O2/c1-14(28-29(8,9)21(5,6)7)18(25)22-13-17(24)12-15-10-16(11-15)23-19(26)27-20(2,3)4;2*1-12(24)20-22-21-19(26-20)10-14-7-13(8-14)9-17(25)16-11-18(27-23-16)15-5-3-2-4-6-15;1-11(10-21(5,6)16(2,3)4)15-19-18-14(20-15)9-12-7-13(17)8-12;12-10(13)8-6-9(14-11-8)7-4-2-1-3-5-7;3-2(4,5)1(6)7/h14-16H,10-13H2,1-9H3,(H,22,25)(H,23,26);2*2-6,11-14,24H,7-10H2,1H3;11-13H,7-10,17H2,1-6H3;1-6H,(H,12,13);(H,6,7)/t14-,15?,16?;2*12-,13?,14?;11-,12?,13?;;/m1110../s1. The SMILES string of the molecule is C[C@@H](C[Si](C)(C)C(C)(C)C)c1nnc(CC2CC(N)C2)o1.C[C@@H](O)c1nnc(CC2CC(CC(=O)c3cc(-c4ccccc4)on3)C2)o1.C[C@@H](O)c1nnc(CC2CC(CC(=O)c3cc(-c4ccccc4)on3)C2)o1.C[C@@H](O[Si](C)(C)C(C)(C)C)C(=O)NCC(=O)CC1CC(NC(=O)OC(C)(C)C)C1.O=C(O)C(F)(F)F.O=C(O)c1cc(-c2ccccc2)on1. The maximum absolute atomic E-state index is 12.4. The largest absolute Gasteiger partial charge is 0.490 e. The third-order valence-electron chi connectivity index (χ3n) is 23.0. The van der Waals surface area contributed by atoms with Gasteiger partial charge in [0.05, 0.1) is 14.6 Å². The second-order valence-electron chi connectivity index (χ2n) is 37.2. The Morgan fingerprint density at radius 1 is 0.512 bits per heavy atom. The predicted molar refractivity (Wildman–Crippen MR) is 459 cm³/mol. The number of carboxylic acids is 2. The van der Waals surface area contributed by atoms with Gasteiger partial charge in [0, 0.05) is 91.4 Å². The molecule has 0 spiro atoms. The molecule has 0 aliphatic heterocycles. The quantitative estimate of drug-likeness (QED) is 0.0169. The lowest BCUT2D eigenvalue weighted by molar-refractivity contribution is -0.192. The lowest BCUT2D eigenvalue weighted by Gasteiger charge is -2.38. The average molecular weight is 1780 g/mol. The zero-order valence-electron chi connectivity index (χ0n) is 74.3. The van der Waals surface area contributed by atoms with E-state index < -0.39 is 64.5 Å². The van der Waals surface area contributed by atoms with Crippen LogP contribution in [-0.2, 0) is 42.8 Å². The van der Waals surface area contributed by atoms with Crippen LogP contribution in [0.5, 0.6) is 0 Å². The van der Waals surface area contributed by atoms with Gasteiger partial charge in [0.1, 0.15) is 35.3 Å². The summed E-state index contributed by atoms with van der Waals surface area (Å²) in [7, 11) is -3.36. The van der Waals surface area contributed by atoms with E-state index >= 15 is 0 Å². The Bertz CT molecular complexity index is 4770. The number of alkyl carbamates (subject to hydrolysis) is 1. The van der Waals surface area contributed by atoms with Crippen LogP contribution in [0.15, 0.2) is 136 Å². The molecule has 4 fully saturated rings. The molecule has 6 heterocycles. The number of aromatic nitrogens is 9. The Morgan fingerprint density at radius 3 is 1.22 bits per heavy atom. The highest BCUT2D eigenvalue weighted by Crippen LogP contribution is 2.44. The zero-order chi connectivity index (χ0) is 92.1. The molecule has 13 rings (SSSR count). The van der Waals surface area contributed by atoms with E-state index in [1.54, 1.807) is 32.9 Å². The van der Waals surface area contributed by atoms with Crippen molar-refractivity contribution in [3.8, 4) is 34.0 Å². The van der Waals surface area contributed by atoms with Gasteiger partial charge in [-0.1, -0.05) is 168 Å². The summed E-state index contributed by atoms with van der Waals surface area (Å²) in [6.45, 7) is 35.1. The van der Waals surface area contributed by atoms with Crippen LogP contribution in [0.25, 0.3) is 34.0 Å². The van der Waals surface area contributed by atoms with Crippen LogP contribution in [0.3, 0.4) is 0 Å². The molecule has 4 atom stereocenters. The van der Waals surface area contributed by atoms with Crippen LogP contribution in [0, 0.1) is 35.5 Å². The van der Waals surface area contributed by atoms with Gasteiger partial charge in [-0.25, -0.2) is 14.4 Å². The van der Waals surface area contributed by atoms with E-state index in [2.05, 4.69) is 131 Å². The summed E-state index contributed by atoms with van der Waals surface area (Å²) >= 11 is 0. The predicted octanol–water partition coefficient (Wildman–Crippen LogP) is 17.6. The summed E-state index contributed by atoms with van der Waals surface area (Å²) in [6, 6.07) is 34.9. The molecule has 4 aliphatic carbocycles. The molecule has 0 radical (unpaired) electrons. The molecule has 3 aromatic carbocycles.